The number of hydrogen-bond acceptors (Lipinski definition) is 4. The average molecular weight is 340 g/mol. The summed E-state index contributed by atoms with van der Waals surface area (Å²) >= 11 is 6.28. The SMILES string of the molecule is Cc1ccc(Cl)c(-c2nccc(-c3cc4n(n3)CCNC4=O)n2)c1. The van der Waals surface area contributed by atoms with Gasteiger partial charge in [0.1, 0.15) is 11.4 Å². The molecule has 1 aliphatic rings. The number of carbonyl (C=O) groups is 1. The third-order valence-electron chi connectivity index (χ3n) is 3.90. The molecule has 0 radical (unpaired) electrons. The number of aromatic nitrogens is 4. The van der Waals surface area contributed by atoms with Crippen LogP contribution >= 0.6 is 11.6 Å². The molecule has 6 nitrogen and oxygen atoms in total. The molecule has 0 unspecified atom stereocenters. The molecule has 3 heterocycles. The van der Waals surface area contributed by atoms with Crippen LogP contribution < -0.4 is 5.32 Å². The molecule has 1 N–H and O–H groups in total. The first-order valence-electron chi connectivity index (χ1n) is 7.58. The van der Waals surface area contributed by atoms with E-state index in [1.165, 1.54) is 0 Å². The van der Waals surface area contributed by atoms with Gasteiger partial charge in [-0.2, -0.15) is 5.10 Å². The van der Waals surface area contributed by atoms with Gasteiger partial charge in [-0.15, -0.1) is 0 Å². The van der Waals surface area contributed by atoms with Gasteiger partial charge in [-0.1, -0.05) is 23.2 Å². The largest absolute Gasteiger partial charge is 0.349 e. The molecule has 0 bridgehead atoms. The van der Waals surface area contributed by atoms with Gasteiger partial charge >= 0.3 is 0 Å². The number of nitrogens with zero attached hydrogens (tertiary/aromatic N) is 4. The van der Waals surface area contributed by atoms with Gasteiger partial charge in [-0.05, 0) is 31.2 Å². The fourth-order valence-electron chi connectivity index (χ4n) is 2.70. The van der Waals surface area contributed by atoms with Crippen molar-refractivity contribution in [2.45, 2.75) is 13.5 Å². The van der Waals surface area contributed by atoms with Crippen molar-refractivity contribution in [2.24, 2.45) is 0 Å². The molecule has 0 saturated heterocycles. The molecule has 4 rings (SSSR count). The van der Waals surface area contributed by atoms with Crippen LogP contribution in [-0.4, -0.2) is 32.2 Å². The first-order valence-corrected chi connectivity index (χ1v) is 7.95. The zero-order valence-electron chi connectivity index (χ0n) is 13.0. The number of fused-ring (bicyclic) bond motifs is 1. The second-order valence-electron chi connectivity index (χ2n) is 5.64. The summed E-state index contributed by atoms with van der Waals surface area (Å²) in [6.07, 6.45) is 1.68. The summed E-state index contributed by atoms with van der Waals surface area (Å²) in [6, 6.07) is 9.25. The van der Waals surface area contributed by atoms with E-state index < -0.39 is 0 Å². The second-order valence-corrected chi connectivity index (χ2v) is 6.05. The quantitative estimate of drug-likeness (QED) is 0.779. The zero-order chi connectivity index (χ0) is 16.7. The van der Waals surface area contributed by atoms with E-state index in [0.717, 1.165) is 11.1 Å². The molecular weight excluding hydrogens is 326 g/mol. The minimum atomic E-state index is -0.115. The van der Waals surface area contributed by atoms with Gasteiger partial charge in [0.15, 0.2) is 5.82 Å². The highest BCUT2D eigenvalue weighted by molar-refractivity contribution is 6.33. The Morgan fingerprint density at radius 1 is 1.21 bits per heavy atom. The molecule has 0 fully saturated rings. The minimum absolute atomic E-state index is 0.115. The van der Waals surface area contributed by atoms with Crippen LogP contribution in [0.5, 0.6) is 0 Å². The van der Waals surface area contributed by atoms with Crippen molar-refractivity contribution < 1.29 is 4.79 Å². The van der Waals surface area contributed by atoms with E-state index in [2.05, 4.69) is 20.4 Å². The van der Waals surface area contributed by atoms with Crippen LogP contribution in [0.1, 0.15) is 16.1 Å². The van der Waals surface area contributed by atoms with Gasteiger partial charge in [0.25, 0.3) is 5.91 Å². The smallest absolute Gasteiger partial charge is 0.269 e. The number of hydrogen-bond donors (Lipinski definition) is 1. The van der Waals surface area contributed by atoms with Gasteiger partial charge in [-0.3, -0.25) is 9.48 Å². The van der Waals surface area contributed by atoms with Crippen molar-refractivity contribution in [3.8, 4) is 22.8 Å². The van der Waals surface area contributed by atoms with E-state index in [4.69, 9.17) is 11.6 Å². The summed E-state index contributed by atoms with van der Waals surface area (Å²) in [6.45, 7) is 3.23. The molecule has 1 amide bonds. The predicted molar refractivity (Wildman–Crippen MR) is 90.8 cm³/mol. The van der Waals surface area contributed by atoms with Gasteiger partial charge < -0.3 is 5.32 Å². The van der Waals surface area contributed by atoms with Crippen molar-refractivity contribution >= 4 is 17.5 Å². The first kappa shape index (κ1) is 14.8. The fourth-order valence-corrected chi connectivity index (χ4v) is 2.90. The number of amides is 1. The Kier molecular flexibility index (Phi) is 3.54. The standard InChI is InChI=1S/C17H14ClN5O/c1-10-2-3-12(18)11(8-10)16-19-5-4-13(21-16)14-9-15-17(24)20-6-7-23(15)22-14/h2-5,8-9H,6-7H2,1H3,(H,20,24). The molecular formula is C17H14ClN5O. The predicted octanol–water partition coefficient (Wildman–Crippen LogP) is 2.71. The molecule has 120 valence electrons. The Morgan fingerprint density at radius 3 is 2.92 bits per heavy atom. The highest BCUT2D eigenvalue weighted by Crippen LogP contribution is 2.27. The molecule has 24 heavy (non-hydrogen) atoms. The monoisotopic (exact) mass is 339 g/mol. The molecule has 0 aliphatic carbocycles. The van der Waals surface area contributed by atoms with Crippen molar-refractivity contribution in [3.63, 3.8) is 0 Å². The molecule has 1 aromatic carbocycles. The van der Waals surface area contributed by atoms with Crippen LogP contribution in [0.15, 0.2) is 36.5 Å². The van der Waals surface area contributed by atoms with E-state index in [0.29, 0.717) is 41.0 Å². The van der Waals surface area contributed by atoms with Crippen molar-refractivity contribution in [1.29, 1.82) is 0 Å². The number of nitrogens with one attached hydrogen (secondary N) is 1. The van der Waals surface area contributed by atoms with Gasteiger partial charge in [0.05, 0.1) is 17.3 Å². The molecule has 0 saturated carbocycles. The Balaban J connectivity index is 1.78. The normalized spacial score (nSPS) is 13.5. The Hall–Kier alpha value is -2.73. The lowest BCUT2D eigenvalue weighted by Gasteiger charge is -2.13. The topological polar surface area (TPSA) is 72.7 Å². The summed E-state index contributed by atoms with van der Waals surface area (Å²) in [4.78, 5) is 20.8. The van der Waals surface area contributed by atoms with E-state index in [1.54, 1.807) is 23.0 Å². The maximum absolute atomic E-state index is 11.9. The number of carbonyl (C=O) groups excluding carboxylic acids is 1. The molecule has 0 spiro atoms. The van der Waals surface area contributed by atoms with Crippen LogP contribution in [-0.2, 0) is 6.54 Å². The summed E-state index contributed by atoms with van der Waals surface area (Å²) in [5, 5.41) is 7.88. The summed E-state index contributed by atoms with van der Waals surface area (Å²) in [7, 11) is 0. The third-order valence-corrected chi connectivity index (χ3v) is 4.23. The lowest BCUT2D eigenvalue weighted by Crippen LogP contribution is -2.35. The Bertz CT molecular complexity index is 950. The Labute approximate surface area is 143 Å². The number of rotatable bonds is 2. The second kappa shape index (κ2) is 5.72. The zero-order valence-corrected chi connectivity index (χ0v) is 13.7. The van der Waals surface area contributed by atoms with E-state index >= 15 is 0 Å². The molecule has 2 aromatic heterocycles. The lowest BCUT2D eigenvalue weighted by atomic mass is 10.1. The highest BCUT2D eigenvalue weighted by Gasteiger charge is 2.20. The summed E-state index contributed by atoms with van der Waals surface area (Å²) < 4.78 is 1.70. The third kappa shape index (κ3) is 2.55. The fraction of sp³-hybridized carbons (Fsp3) is 0.176. The summed E-state index contributed by atoms with van der Waals surface area (Å²) in [5.74, 6) is 0.424. The van der Waals surface area contributed by atoms with Crippen molar-refractivity contribution in [1.82, 2.24) is 25.1 Å². The molecule has 7 heteroatoms. The first-order chi connectivity index (χ1) is 11.6. The number of benzene rings is 1. The van der Waals surface area contributed by atoms with Crippen molar-refractivity contribution in [2.75, 3.05) is 6.54 Å². The van der Waals surface area contributed by atoms with Crippen LogP contribution in [0.2, 0.25) is 5.02 Å². The van der Waals surface area contributed by atoms with E-state index in [-0.39, 0.29) is 5.91 Å². The highest BCUT2D eigenvalue weighted by atomic mass is 35.5. The maximum atomic E-state index is 11.9. The van der Waals surface area contributed by atoms with Crippen LogP contribution in [0.25, 0.3) is 22.8 Å². The number of aryl methyl sites for hydroxylation is 1. The van der Waals surface area contributed by atoms with Gasteiger partial charge in [0, 0.05) is 18.3 Å². The Morgan fingerprint density at radius 2 is 2.08 bits per heavy atom. The average Bonchev–Trinajstić information content (AvgIpc) is 3.03. The van der Waals surface area contributed by atoms with Crippen LogP contribution in [0.3, 0.4) is 0 Å². The number of halogens is 1. The molecule has 1 aliphatic heterocycles. The lowest BCUT2D eigenvalue weighted by molar-refractivity contribution is 0.0924. The van der Waals surface area contributed by atoms with Crippen LogP contribution in [0.4, 0.5) is 0 Å². The summed E-state index contributed by atoms with van der Waals surface area (Å²) in [5.41, 5.74) is 3.71. The van der Waals surface area contributed by atoms with Crippen LogP contribution in [0, 0.1) is 6.92 Å². The van der Waals surface area contributed by atoms with Gasteiger partial charge in [-0.25, -0.2) is 9.97 Å². The van der Waals surface area contributed by atoms with Crippen molar-refractivity contribution in [3.05, 3.63) is 52.8 Å². The maximum Gasteiger partial charge on any atom is 0.269 e. The molecule has 0 atom stereocenters. The van der Waals surface area contributed by atoms with E-state index in [9.17, 15) is 4.79 Å². The van der Waals surface area contributed by atoms with E-state index in [1.807, 2.05) is 25.1 Å². The minimum Gasteiger partial charge on any atom is -0.349 e. The van der Waals surface area contributed by atoms with Gasteiger partial charge in [0.2, 0.25) is 0 Å². The molecule has 3 aromatic rings.